The number of aryl methyl sites for hydroxylation is 1. The highest BCUT2D eigenvalue weighted by molar-refractivity contribution is 6.31. The van der Waals surface area contributed by atoms with Gasteiger partial charge < -0.3 is 5.32 Å². The number of benzene rings is 1. The predicted octanol–water partition coefficient (Wildman–Crippen LogP) is 2.86. The molecular weight excluding hydrogens is 236 g/mol. The summed E-state index contributed by atoms with van der Waals surface area (Å²) >= 11 is 5.93. The molecule has 0 unspecified atom stereocenters. The Hall–Kier alpha value is -2.48. The van der Waals surface area contributed by atoms with E-state index in [1.54, 1.807) is 31.2 Å². The third-order valence-corrected chi connectivity index (χ3v) is 2.44. The number of nitriles is 3. The number of hydrogen-bond donors (Lipinski definition) is 1. The molecule has 0 saturated heterocycles. The standard InChI is InChI=1S/C12H7ClN4/c1-8-2-10(6-16)12(3-11(8)13)17-7-9(4-14)5-15/h2-3,7,17H,1H3. The third kappa shape index (κ3) is 2.98. The molecule has 82 valence electrons. The highest BCUT2D eigenvalue weighted by Gasteiger charge is 2.05. The van der Waals surface area contributed by atoms with Crippen LogP contribution in [0.2, 0.25) is 5.02 Å². The van der Waals surface area contributed by atoms with Crippen molar-refractivity contribution in [1.29, 1.82) is 15.8 Å². The fourth-order valence-corrected chi connectivity index (χ4v) is 1.30. The van der Waals surface area contributed by atoms with Crippen LogP contribution in [0.1, 0.15) is 11.1 Å². The smallest absolute Gasteiger partial charge is 0.145 e. The summed E-state index contributed by atoms with van der Waals surface area (Å²) in [5.41, 5.74) is 1.58. The average Bonchev–Trinajstić information content (AvgIpc) is 2.34. The first-order valence-corrected chi connectivity index (χ1v) is 4.97. The van der Waals surface area contributed by atoms with Crippen LogP contribution < -0.4 is 5.32 Å². The van der Waals surface area contributed by atoms with Crippen molar-refractivity contribution in [3.63, 3.8) is 0 Å². The predicted molar refractivity (Wildman–Crippen MR) is 63.8 cm³/mol. The molecule has 0 atom stereocenters. The maximum atomic E-state index is 8.93. The second-order valence-electron chi connectivity index (χ2n) is 3.18. The summed E-state index contributed by atoms with van der Waals surface area (Å²) in [6, 6.07) is 8.64. The lowest BCUT2D eigenvalue weighted by Gasteiger charge is -2.06. The topological polar surface area (TPSA) is 83.4 Å². The molecule has 0 radical (unpaired) electrons. The minimum atomic E-state index is -0.0782. The lowest BCUT2D eigenvalue weighted by Crippen LogP contribution is -1.94. The van der Waals surface area contributed by atoms with Gasteiger partial charge in [0.25, 0.3) is 0 Å². The van der Waals surface area contributed by atoms with Crippen molar-refractivity contribution in [2.24, 2.45) is 0 Å². The van der Waals surface area contributed by atoms with Crippen LogP contribution in [0.25, 0.3) is 0 Å². The van der Waals surface area contributed by atoms with Gasteiger partial charge in [-0.15, -0.1) is 0 Å². The number of halogens is 1. The summed E-state index contributed by atoms with van der Waals surface area (Å²) in [7, 11) is 0. The van der Waals surface area contributed by atoms with Crippen LogP contribution in [0.5, 0.6) is 0 Å². The highest BCUT2D eigenvalue weighted by Crippen LogP contribution is 2.24. The molecule has 0 aliphatic heterocycles. The van der Waals surface area contributed by atoms with Gasteiger partial charge in [-0.1, -0.05) is 11.6 Å². The van der Waals surface area contributed by atoms with E-state index in [0.717, 1.165) is 5.56 Å². The third-order valence-electron chi connectivity index (χ3n) is 2.03. The Balaban J connectivity index is 3.14. The summed E-state index contributed by atoms with van der Waals surface area (Å²) < 4.78 is 0. The van der Waals surface area contributed by atoms with E-state index >= 15 is 0 Å². The molecule has 17 heavy (non-hydrogen) atoms. The van der Waals surface area contributed by atoms with Crippen molar-refractivity contribution in [3.05, 3.63) is 40.1 Å². The SMILES string of the molecule is Cc1cc(C#N)c(NC=C(C#N)C#N)cc1Cl. The Morgan fingerprint density at radius 3 is 2.47 bits per heavy atom. The molecule has 4 nitrogen and oxygen atoms in total. The van der Waals surface area contributed by atoms with E-state index in [-0.39, 0.29) is 5.57 Å². The molecular formula is C12H7ClN4. The van der Waals surface area contributed by atoms with E-state index in [2.05, 4.69) is 5.32 Å². The molecule has 0 saturated carbocycles. The van der Waals surface area contributed by atoms with Gasteiger partial charge in [0.1, 0.15) is 23.8 Å². The largest absolute Gasteiger partial charge is 0.359 e. The fraction of sp³-hybridized carbons (Fsp3) is 0.0833. The van der Waals surface area contributed by atoms with E-state index in [9.17, 15) is 0 Å². The minimum Gasteiger partial charge on any atom is -0.359 e. The monoisotopic (exact) mass is 242 g/mol. The molecule has 0 bridgehead atoms. The molecule has 1 aromatic rings. The van der Waals surface area contributed by atoms with Gasteiger partial charge in [0.2, 0.25) is 0 Å². The van der Waals surface area contributed by atoms with Gasteiger partial charge in [-0.3, -0.25) is 0 Å². The molecule has 0 aliphatic rings. The number of hydrogen-bond acceptors (Lipinski definition) is 4. The van der Waals surface area contributed by atoms with Crippen molar-refractivity contribution in [2.45, 2.75) is 6.92 Å². The van der Waals surface area contributed by atoms with Crippen LogP contribution >= 0.6 is 11.6 Å². The van der Waals surface area contributed by atoms with Gasteiger partial charge in [-0.2, -0.15) is 15.8 Å². The van der Waals surface area contributed by atoms with Crippen LogP contribution in [0.4, 0.5) is 5.69 Å². The maximum absolute atomic E-state index is 8.93. The second kappa shape index (κ2) is 5.56. The zero-order valence-electron chi connectivity index (χ0n) is 8.95. The first-order valence-electron chi connectivity index (χ1n) is 4.59. The van der Waals surface area contributed by atoms with Crippen molar-refractivity contribution < 1.29 is 0 Å². The Kier molecular flexibility index (Phi) is 4.12. The number of allylic oxidation sites excluding steroid dienone is 1. The molecule has 1 rings (SSSR count). The van der Waals surface area contributed by atoms with Gasteiger partial charge >= 0.3 is 0 Å². The minimum absolute atomic E-state index is 0.0782. The lowest BCUT2D eigenvalue weighted by molar-refractivity contribution is 1.40. The van der Waals surface area contributed by atoms with Gasteiger partial charge in [0, 0.05) is 11.2 Å². The first-order chi connectivity index (χ1) is 8.12. The Bertz CT molecular complexity index is 581. The Labute approximate surface area is 104 Å². The molecule has 0 aromatic heterocycles. The zero-order chi connectivity index (χ0) is 12.8. The fourth-order valence-electron chi connectivity index (χ4n) is 1.13. The van der Waals surface area contributed by atoms with Crippen molar-refractivity contribution in [3.8, 4) is 18.2 Å². The van der Waals surface area contributed by atoms with Crippen molar-refractivity contribution in [2.75, 3.05) is 5.32 Å². The molecule has 0 fully saturated rings. The second-order valence-corrected chi connectivity index (χ2v) is 3.59. The van der Waals surface area contributed by atoms with Gasteiger partial charge in [-0.05, 0) is 24.6 Å². The molecule has 1 aromatic carbocycles. The molecule has 0 aliphatic carbocycles. The normalized spacial score (nSPS) is 8.41. The van der Waals surface area contributed by atoms with Crippen LogP contribution in [-0.2, 0) is 0 Å². The molecule has 0 heterocycles. The number of anilines is 1. The van der Waals surface area contributed by atoms with Crippen molar-refractivity contribution >= 4 is 17.3 Å². The van der Waals surface area contributed by atoms with E-state index in [1.807, 2.05) is 6.07 Å². The van der Waals surface area contributed by atoms with Gasteiger partial charge in [0.05, 0.1) is 11.3 Å². The first kappa shape index (κ1) is 12.6. The molecule has 0 amide bonds. The molecule has 0 spiro atoms. The van der Waals surface area contributed by atoms with E-state index in [1.165, 1.54) is 6.20 Å². The summed E-state index contributed by atoms with van der Waals surface area (Å²) in [6.07, 6.45) is 1.24. The van der Waals surface area contributed by atoms with E-state index in [4.69, 9.17) is 27.4 Å². The average molecular weight is 243 g/mol. The van der Waals surface area contributed by atoms with E-state index in [0.29, 0.717) is 16.3 Å². The number of nitrogens with zero attached hydrogens (tertiary/aromatic N) is 3. The van der Waals surface area contributed by atoms with Gasteiger partial charge in [0.15, 0.2) is 0 Å². The number of rotatable bonds is 2. The van der Waals surface area contributed by atoms with Crippen LogP contribution in [-0.4, -0.2) is 0 Å². The Morgan fingerprint density at radius 1 is 1.29 bits per heavy atom. The van der Waals surface area contributed by atoms with Crippen LogP contribution in [0.3, 0.4) is 0 Å². The summed E-state index contributed by atoms with van der Waals surface area (Å²) in [5.74, 6) is 0. The summed E-state index contributed by atoms with van der Waals surface area (Å²) in [6.45, 7) is 1.79. The zero-order valence-corrected chi connectivity index (χ0v) is 9.71. The Morgan fingerprint density at radius 2 is 1.94 bits per heavy atom. The summed E-state index contributed by atoms with van der Waals surface area (Å²) in [4.78, 5) is 0. The van der Waals surface area contributed by atoms with E-state index < -0.39 is 0 Å². The van der Waals surface area contributed by atoms with Gasteiger partial charge in [-0.25, -0.2) is 0 Å². The van der Waals surface area contributed by atoms with Crippen LogP contribution in [0.15, 0.2) is 23.9 Å². The lowest BCUT2D eigenvalue weighted by atomic mass is 10.1. The van der Waals surface area contributed by atoms with Crippen molar-refractivity contribution in [1.82, 2.24) is 0 Å². The highest BCUT2D eigenvalue weighted by atomic mass is 35.5. The molecule has 1 N–H and O–H groups in total. The quantitative estimate of drug-likeness (QED) is 0.809. The van der Waals surface area contributed by atoms with Crippen LogP contribution in [0, 0.1) is 40.9 Å². The summed E-state index contributed by atoms with van der Waals surface area (Å²) in [5, 5.41) is 29.3. The number of nitrogens with one attached hydrogen (secondary N) is 1. The maximum Gasteiger partial charge on any atom is 0.145 e. The molecule has 5 heteroatoms.